The number of hydrogen-bond donors (Lipinski definition) is 0. The SMILES string of the molecule is CC(C)(C)C1=CN(c2cc(-c3ccccc3)cc(C(C)(C)C)c2)[CH-]N1c1[c-]c(Oc2[c-]c3c(cc2)c2ccccc2n3-c2cc(C(C)(C)c3ccccc3)ccn2)ccc1.[Pt]. The summed E-state index contributed by atoms with van der Waals surface area (Å²) in [4.78, 5) is 9.41. The second-order valence-corrected chi connectivity index (χ2v) is 18.4. The average molecular weight is 979 g/mol. The van der Waals surface area contributed by atoms with Gasteiger partial charge in [0, 0.05) is 66.5 Å². The van der Waals surface area contributed by atoms with Crippen LogP contribution in [0, 0.1) is 24.2 Å². The molecule has 5 nitrogen and oxygen atoms in total. The van der Waals surface area contributed by atoms with E-state index < -0.39 is 0 Å². The summed E-state index contributed by atoms with van der Waals surface area (Å²) in [6.45, 7) is 20.3. The molecule has 0 amide bonds. The maximum absolute atomic E-state index is 6.64. The monoisotopic (exact) mass is 978 g/mol. The van der Waals surface area contributed by atoms with E-state index in [-0.39, 0.29) is 37.3 Å². The fraction of sp³-hybridized carbons (Fsp3) is 0.200. The number of nitrogens with zero attached hydrogens (tertiary/aromatic N) is 4. The number of aromatic nitrogens is 2. The Bertz CT molecular complexity index is 2880. The Balaban J connectivity index is 0.00000514. The van der Waals surface area contributed by atoms with E-state index in [9.17, 15) is 0 Å². The Morgan fingerprint density at radius 1 is 0.574 bits per heavy atom. The van der Waals surface area contributed by atoms with Crippen molar-refractivity contribution in [3.8, 4) is 28.4 Å². The van der Waals surface area contributed by atoms with Gasteiger partial charge < -0.3 is 19.1 Å². The topological polar surface area (TPSA) is 33.5 Å². The average Bonchev–Trinajstić information content (AvgIpc) is 3.85. The van der Waals surface area contributed by atoms with Crippen LogP contribution < -0.4 is 14.5 Å². The van der Waals surface area contributed by atoms with Crippen LogP contribution in [0.3, 0.4) is 0 Å². The number of para-hydroxylation sites is 1. The maximum Gasteiger partial charge on any atom is 0.135 e. The molecule has 0 bridgehead atoms. The number of anilines is 2. The van der Waals surface area contributed by atoms with Crippen molar-refractivity contribution < 1.29 is 25.8 Å². The van der Waals surface area contributed by atoms with Crippen molar-refractivity contribution in [3.63, 3.8) is 0 Å². The largest absolute Gasteiger partial charge is 0.509 e. The molecule has 1 aliphatic heterocycles. The number of fused-ring (bicyclic) bond motifs is 3. The summed E-state index contributed by atoms with van der Waals surface area (Å²) in [7, 11) is 0. The van der Waals surface area contributed by atoms with Crippen LogP contribution in [-0.2, 0) is 31.9 Å². The van der Waals surface area contributed by atoms with Crippen LogP contribution in [0.25, 0.3) is 38.8 Å². The van der Waals surface area contributed by atoms with Crippen molar-refractivity contribution in [3.05, 3.63) is 199 Å². The van der Waals surface area contributed by atoms with Gasteiger partial charge in [0.1, 0.15) is 5.82 Å². The summed E-state index contributed by atoms with van der Waals surface area (Å²) < 4.78 is 8.84. The number of pyridine rings is 1. The van der Waals surface area contributed by atoms with Crippen molar-refractivity contribution in [1.82, 2.24) is 9.55 Å². The van der Waals surface area contributed by atoms with E-state index in [4.69, 9.17) is 9.72 Å². The van der Waals surface area contributed by atoms with Gasteiger partial charge >= 0.3 is 0 Å². The minimum atomic E-state index is -0.218. The third-order valence-corrected chi connectivity index (χ3v) is 11.7. The molecule has 6 heteroatoms. The molecule has 2 aromatic heterocycles. The van der Waals surface area contributed by atoms with E-state index in [2.05, 4.69) is 222 Å². The smallest absolute Gasteiger partial charge is 0.135 e. The van der Waals surface area contributed by atoms with Crippen LogP contribution in [0.1, 0.15) is 72.1 Å². The molecule has 61 heavy (non-hydrogen) atoms. The van der Waals surface area contributed by atoms with Gasteiger partial charge in [-0.05, 0) is 75.2 Å². The predicted molar refractivity (Wildman–Crippen MR) is 249 cm³/mol. The van der Waals surface area contributed by atoms with E-state index in [0.717, 1.165) is 44.7 Å². The Labute approximate surface area is 375 Å². The second kappa shape index (κ2) is 16.2. The molecule has 0 saturated carbocycles. The number of benzene rings is 6. The van der Waals surface area contributed by atoms with Gasteiger partial charge in [-0.3, -0.25) is 0 Å². The zero-order chi connectivity index (χ0) is 41.8. The molecule has 0 saturated heterocycles. The zero-order valence-electron chi connectivity index (χ0n) is 36.1. The van der Waals surface area contributed by atoms with Crippen LogP contribution in [0.5, 0.6) is 11.5 Å². The molecule has 0 N–H and O–H groups in total. The first kappa shape index (κ1) is 41.8. The molecule has 8 aromatic rings. The Kier molecular flexibility index (Phi) is 11.1. The van der Waals surface area contributed by atoms with Gasteiger partial charge in [0.25, 0.3) is 0 Å². The first-order chi connectivity index (χ1) is 28.7. The van der Waals surface area contributed by atoms with E-state index in [0.29, 0.717) is 11.5 Å². The Morgan fingerprint density at radius 3 is 2.02 bits per heavy atom. The van der Waals surface area contributed by atoms with Gasteiger partial charge in [-0.25, -0.2) is 4.98 Å². The summed E-state index contributed by atoms with van der Waals surface area (Å²) in [5.74, 6) is 2.05. The molecule has 9 rings (SSSR count). The minimum absolute atomic E-state index is 0. The van der Waals surface area contributed by atoms with Crippen molar-refractivity contribution in [2.75, 3.05) is 9.80 Å². The number of hydrogen-bond acceptors (Lipinski definition) is 4. The van der Waals surface area contributed by atoms with Gasteiger partial charge in [0.05, 0.1) is 0 Å². The molecule has 0 radical (unpaired) electrons. The standard InChI is InChI=1S/C55H51N4O.Pt/c1-53(2,3)42-30-39(38-18-11-9-12-19-38)31-44(32-42)57-36-51(54(4,5)6)58(37-57)43-22-17-23-45(34-43)60-46-26-27-48-47-24-15-16-25-49(47)59(50(48)35-46)52-33-41(28-29-56-52)55(7,8)40-20-13-10-14-21-40;/h9-33,36-37H,1-8H3;/q-3;. The molecule has 6 aromatic carbocycles. The molecule has 0 atom stereocenters. The summed E-state index contributed by atoms with van der Waals surface area (Å²) in [5, 5.41) is 2.22. The normalized spacial score (nSPS) is 13.4. The molecule has 3 heterocycles. The number of ether oxygens (including phenoxy) is 1. The van der Waals surface area contributed by atoms with Crippen LogP contribution in [0.2, 0.25) is 0 Å². The van der Waals surface area contributed by atoms with E-state index in [1.165, 1.54) is 27.8 Å². The molecule has 0 unspecified atom stereocenters. The Morgan fingerprint density at radius 2 is 1.28 bits per heavy atom. The minimum Gasteiger partial charge on any atom is -0.509 e. The van der Waals surface area contributed by atoms with Gasteiger partial charge in [-0.2, -0.15) is 12.1 Å². The van der Waals surface area contributed by atoms with Crippen molar-refractivity contribution in [2.24, 2.45) is 5.41 Å². The summed E-state index contributed by atoms with van der Waals surface area (Å²) >= 11 is 0. The van der Waals surface area contributed by atoms with Crippen molar-refractivity contribution >= 4 is 33.2 Å². The van der Waals surface area contributed by atoms with Crippen LogP contribution in [0.15, 0.2) is 164 Å². The number of rotatable bonds is 8. The summed E-state index contributed by atoms with van der Waals surface area (Å²) in [5.41, 5.74) is 10.8. The van der Waals surface area contributed by atoms with Gasteiger partial charge in [-0.15, -0.1) is 48.1 Å². The number of allylic oxidation sites excluding steroid dienone is 1. The zero-order valence-corrected chi connectivity index (χ0v) is 38.4. The van der Waals surface area contributed by atoms with Crippen LogP contribution >= 0.6 is 0 Å². The molecule has 0 fully saturated rings. The second-order valence-electron chi connectivity index (χ2n) is 18.4. The first-order valence-electron chi connectivity index (χ1n) is 20.8. The van der Waals surface area contributed by atoms with Gasteiger partial charge in [0.15, 0.2) is 0 Å². The van der Waals surface area contributed by atoms with Crippen molar-refractivity contribution in [1.29, 1.82) is 0 Å². The summed E-state index contributed by atoms with van der Waals surface area (Å²) in [6, 6.07) is 58.5. The quantitative estimate of drug-likeness (QED) is 0.142. The predicted octanol–water partition coefficient (Wildman–Crippen LogP) is 14.2. The third kappa shape index (κ3) is 8.17. The van der Waals surface area contributed by atoms with Crippen LogP contribution in [0.4, 0.5) is 11.4 Å². The molecular formula is C55H51N4OPt-3. The van der Waals surface area contributed by atoms with Crippen molar-refractivity contribution in [2.45, 2.75) is 66.2 Å². The fourth-order valence-corrected chi connectivity index (χ4v) is 8.17. The maximum atomic E-state index is 6.64. The van der Waals surface area contributed by atoms with Gasteiger partial charge in [0.2, 0.25) is 0 Å². The van der Waals surface area contributed by atoms with Gasteiger partial charge in [-0.1, -0.05) is 146 Å². The summed E-state index contributed by atoms with van der Waals surface area (Å²) in [6.07, 6.45) is 4.17. The van der Waals surface area contributed by atoms with Crippen LogP contribution in [-0.4, -0.2) is 9.55 Å². The molecule has 0 spiro atoms. The van der Waals surface area contributed by atoms with E-state index >= 15 is 0 Å². The molecule has 0 aliphatic carbocycles. The van der Waals surface area contributed by atoms with E-state index in [1.807, 2.05) is 24.4 Å². The molecule has 1 aliphatic rings. The Hall–Kier alpha value is -5.90. The first-order valence-corrected chi connectivity index (χ1v) is 20.8. The van der Waals surface area contributed by atoms with E-state index in [1.54, 1.807) is 0 Å². The third-order valence-electron chi connectivity index (χ3n) is 11.7. The fourth-order valence-electron chi connectivity index (χ4n) is 8.17. The molecular weight excluding hydrogens is 928 g/mol. The molecule has 310 valence electrons.